The molecule has 8 heavy (non-hydrogen) atoms. The molecule has 50 valence electrons. The number of hydrogen-bond donors (Lipinski definition) is 1. The largest absolute Gasteiger partial charge is 0.330 e. The van der Waals surface area contributed by atoms with Gasteiger partial charge in [-0.1, -0.05) is 0 Å². The molecule has 0 saturated carbocycles. The number of hydroxylamine groups is 2. The highest BCUT2D eigenvalue weighted by atomic mass is 16.7. The van der Waals surface area contributed by atoms with Crippen molar-refractivity contribution in [2.24, 2.45) is 5.73 Å². The maximum Gasteiger partial charge on any atom is 0.0696 e. The van der Waals surface area contributed by atoms with Crippen LogP contribution in [0.1, 0.15) is 6.42 Å². The lowest BCUT2D eigenvalue weighted by molar-refractivity contribution is -0.119. The van der Waals surface area contributed by atoms with Gasteiger partial charge in [-0.3, -0.25) is 4.84 Å². The monoisotopic (exact) mass is 118 g/mol. The third-order valence-corrected chi connectivity index (χ3v) is 0.698. The van der Waals surface area contributed by atoms with E-state index < -0.39 is 0 Å². The fourth-order valence-electron chi connectivity index (χ4n) is 0.330. The highest BCUT2D eigenvalue weighted by molar-refractivity contribution is 4.32. The van der Waals surface area contributed by atoms with E-state index in [1.165, 1.54) is 0 Å². The average molecular weight is 118 g/mol. The molecule has 3 heteroatoms. The zero-order chi connectivity index (χ0) is 6.41. The maximum absolute atomic E-state index is 5.22. The van der Waals surface area contributed by atoms with Gasteiger partial charge in [-0.25, -0.2) is 0 Å². The van der Waals surface area contributed by atoms with Gasteiger partial charge in [-0.2, -0.15) is 5.06 Å². The summed E-state index contributed by atoms with van der Waals surface area (Å²) in [4.78, 5) is 5.04. The van der Waals surface area contributed by atoms with Crippen molar-refractivity contribution in [1.29, 1.82) is 0 Å². The first-order valence-electron chi connectivity index (χ1n) is 2.77. The van der Waals surface area contributed by atoms with Gasteiger partial charge in [-0.15, -0.1) is 0 Å². The molecule has 0 fully saturated rings. The van der Waals surface area contributed by atoms with Crippen LogP contribution < -0.4 is 5.73 Å². The summed E-state index contributed by atoms with van der Waals surface area (Å²) in [5.74, 6) is 0. The van der Waals surface area contributed by atoms with Gasteiger partial charge in [0.15, 0.2) is 0 Å². The molecular weight excluding hydrogens is 104 g/mol. The van der Waals surface area contributed by atoms with Gasteiger partial charge < -0.3 is 5.73 Å². The summed E-state index contributed by atoms with van der Waals surface area (Å²) in [7, 11) is 3.72. The van der Waals surface area contributed by atoms with E-state index in [2.05, 4.69) is 0 Å². The van der Waals surface area contributed by atoms with E-state index in [0.29, 0.717) is 6.54 Å². The van der Waals surface area contributed by atoms with E-state index in [1.807, 2.05) is 14.1 Å². The van der Waals surface area contributed by atoms with E-state index in [4.69, 9.17) is 10.6 Å². The van der Waals surface area contributed by atoms with Crippen LogP contribution in [0, 0.1) is 0 Å². The molecule has 0 aliphatic heterocycles. The summed E-state index contributed by atoms with van der Waals surface area (Å²) in [6.45, 7) is 1.43. The van der Waals surface area contributed by atoms with Crippen LogP contribution in [0.4, 0.5) is 0 Å². The normalized spacial score (nSPS) is 10.5. The van der Waals surface area contributed by atoms with E-state index in [9.17, 15) is 0 Å². The predicted octanol–water partition coefficient (Wildman–Crippen LogP) is -0.172. The van der Waals surface area contributed by atoms with Gasteiger partial charge in [0.2, 0.25) is 0 Å². The van der Waals surface area contributed by atoms with E-state index in [0.717, 1.165) is 13.0 Å². The van der Waals surface area contributed by atoms with E-state index in [1.54, 1.807) is 5.06 Å². The second-order valence-electron chi connectivity index (χ2n) is 1.79. The minimum absolute atomic E-state index is 0.702. The molecule has 0 aliphatic rings. The third kappa shape index (κ3) is 5.88. The Kier molecular flexibility index (Phi) is 4.95. The van der Waals surface area contributed by atoms with Crippen LogP contribution in [-0.2, 0) is 4.84 Å². The second kappa shape index (κ2) is 5.03. The number of nitrogens with zero attached hydrogens (tertiary/aromatic N) is 1. The van der Waals surface area contributed by atoms with E-state index in [-0.39, 0.29) is 0 Å². The van der Waals surface area contributed by atoms with Crippen molar-refractivity contribution in [3.05, 3.63) is 0 Å². The standard InChI is InChI=1S/C5H14N2O/c1-7(2)8-5-3-4-6/h3-6H2,1-2H3. The van der Waals surface area contributed by atoms with Crippen molar-refractivity contribution in [3.8, 4) is 0 Å². The van der Waals surface area contributed by atoms with Crippen molar-refractivity contribution in [2.45, 2.75) is 6.42 Å². The first-order valence-corrected chi connectivity index (χ1v) is 2.77. The van der Waals surface area contributed by atoms with Gasteiger partial charge in [0.1, 0.15) is 0 Å². The number of nitrogens with two attached hydrogens (primary N) is 1. The van der Waals surface area contributed by atoms with Gasteiger partial charge in [-0.05, 0) is 13.0 Å². The van der Waals surface area contributed by atoms with E-state index >= 15 is 0 Å². The van der Waals surface area contributed by atoms with Gasteiger partial charge in [0.25, 0.3) is 0 Å². The Bertz CT molecular complexity index is 47.7. The molecule has 0 aromatic heterocycles. The lowest BCUT2D eigenvalue weighted by Gasteiger charge is -2.08. The van der Waals surface area contributed by atoms with Gasteiger partial charge >= 0.3 is 0 Å². The minimum atomic E-state index is 0.702. The molecule has 0 saturated heterocycles. The Morgan fingerprint density at radius 1 is 1.50 bits per heavy atom. The third-order valence-electron chi connectivity index (χ3n) is 0.698. The lowest BCUT2D eigenvalue weighted by Crippen LogP contribution is -2.15. The summed E-state index contributed by atoms with van der Waals surface area (Å²) < 4.78 is 0. The predicted molar refractivity (Wildman–Crippen MR) is 33.3 cm³/mol. The van der Waals surface area contributed by atoms with Crippen molar-refractivity contribution < 1.29 is 4.84 Å². The molecule has 2 N–H and O–H groups in total. The minimum Gasteiger partial charge on any atom is -0.330 e. The summed E-state index contributed by atoms with van der Waals surface area (Å²) in [6.07, 6.45) is 0.929. The van der Waals surface area contributed by atoms with Crippen LogP contribution >= 0.6 is 0 Å². The molecule has 0 spiro atoms. The van der Waals surface area contributed by atoms with Gasteiger partial charge in [0, 0.05) is 14.1 Å². The molecule has 0 atom stereocenters. The van der Waals surface area contributed by atoms with Crippen molar-refractivity contribution in [3.63, 3.8) is 0 Å². The van der Waals surface area contributed by atoms with Crippen LogP contribution in [0.5, 0.6) is 0 Å². The first-order chi connectivity index (χ1) is 3.77. The molecule has 0 heterocycles. The zero-order valence-electron chi connectivity index (χ0n) is 5.55. The molecule has 0 bridgehead atoms. The summed E-state index contributed by atoms with van der Waals surface area (Å²) in [5, 5.41) is 1.68. The van der Waals surface area contributed by atoms with Crippen molar-refractivity contribution in [2.75, 3.05) is 27.2 Å². The molecular formula is C5H14N2O. The van der Waals surface area contributed by atoms with Crippen molar-refractivity contribution in [1.82, 2.24) is 5.06 Å². The number of rotatable bonds is 4. The molecule has 0 radical (unpaired) electrons. The summed E-state index contributed by atoms with van der Waals surface area (Å²) >= 11 is 0. The van der Waals surface area contributed by atoms with Crippen LogP contribution in [0.2, 0.25) is 0 Å². The smallest absolute Gasteiger partial charge is 0.0696 e. The fraction of sp³-hybridized carbons (Fsp3) is 1.00. The average Bonchev–Trinajstić information content (AvgIpc) is 1.66. The van der Waals surface area contributed by atoms with Crippen LogP contribution in [0.3, 0.4) is 0 Å². The van der Waals surface area contributed by atoms with Crippen LogP contribution in [0.15, 0.2) is 0 Å². The van der Waals surface area contributed by atoms with Crippen LogP contribution in [-0.4, -0.2) is 32.3 Å². The molecule has 0 aromatic carbocycles. The quantitative estimate of drug-likeness (QED) is 0.411. The van der Waals surface area contributed by atoms with Gasteiger partial charge in [0.05, 0.1) is 6.61 Å². The Balaban J connectivity index is 2.72. The molecule has 3 nitrogen and oxygen atoms in total. The topological polar surface area (TPSA) is 38.5 Å². The summed E-state index contributed by atoms with van der Waals surface area (Å²) in [5.41, 5.74) is 5.22. The SMILES string of the molecule is CN(C)OCCCN. The Morgan fingerprint density at radius 3 is 2.50 bits per heavy atom. The maximum atomic E-state index is 5.22. The highest BCUT2D eigenvalue weighted by Crippen LogP contribution is 1.80. The Labute approximate surface area is 50.4 Å². The van der Waals surface area contributed by atoms with Crippen molar-refractivity contribution >= 4 is 0 Å². The fourth-order valence-corrected chi connectivity index (χ4v) is 0.330. The van der Waals surface area contributed by atoms with Crippen LogP contribution in [0.25, 0.3) is 0 Å². The zero-order valence-corrected chi connectivity index (χ0v) is 5.55. The number of hydrogen-bond acceptors (Lipinski definition) is 3. The Morgan fingerprint density at radius 2 is 2.12 bits per heavy atom. The molecule has 0 unspecified atom stereocenters. The molecule has 0 aliphatic carbocycles. The lowest BCUT2D eigenvalue weighted by atomic mass is 10.5. The molecule has 0 rings (SSSR count). The first kappa shape index (κ1) is 7.88. The second-order valence-corrected chi connectivity index (χ2v) is 1.79. The molecule has 0 aromatic rings. The highest BCUT2D eigenvalue weighted by Gasteiger charge is 1.85. The Hall–Kier alpha value is -0.120. The summed E-state index contributed by atoms with van der Waals surface area (Å²) in [6, 6.07) is 0. The molecule has 0 amide bonds.